The maximum Gasteiger partial charge on any atom is 0.227 e. The zero-order valence-corrected chi connectivity index (χ0v) is 12.4. The van der Waals surface area contributed by atoms with Gasteiger partial charge in [-0.3, -0.25) is 9.78 Å². The van der Waals surface area contributed by atoms with Gasteiger partial charge in [-0.25, -0.2) is 0 Å². The van der Waals surface area contributed by atoms with Crippen molar-refractivity contribution in [1.29, 1.82) is 0 Å². The molecule has 1 amide bonds. The minimum absolute atomic E-state index is 0.0774. The first-order valence-corrected chi connectivity index (χ1v) is 6.97. The second kappa shape index (κ2) is 6.20. The Hall–Kier alpha value is -1.65. The van der Waals surface area contributed by atoms with E-state index in [0.717, 1.165) is 16.5 Å². The van der Waals surface area contributed by atoms with E-state index in [9.17, 15) is 4.79 Å². The molecular weight excluding hydrogens is 274 g/mol. The molecule has 0 bridgehead atoms. The number of anilines is 1. The molecule has 1 aromatic heterocycles. The Morgan fingerprint density at radius 1 is 1.55 bits per heavy atom. The van der Waals surface area contributed by atoms with Crippen LogP contribution in [0, 0.1) is 12.8 Å². The lowest BCUT2D eigenvalue weighted by Crippen LogP contribution is -2.23. The smallest absolute Gasteiger partial charge is 0.227 e. The van der Waals surface area contributed by atoms with Crippen LogP contribution in [0.15, 0.2) is 24.4 Å². The average molecular weight is 292 g/mol. The Morgan fingerprint density at radius 3 is 3.00 bits per heavy atom. The summed E-state index contributed by atoms with van der Waals surface area (Å²) in [5.74, 6) is -0.226. The van der Waals surface area contributed by atoms with E-state index in [-0.39, 0.29) is 11.8 Å². The molecule has 5 heteroatoms. The number of pyridine rings is 1. The molecule has 0 aliphatic rings. The Bertz CT molecular complexity index is 642. The van der Waals surface area contributed by atoms with Crippen molar-refractivity contribution in [3.8, 4) is 0 Å². The van der Waals surface area contributed by atoms with Crippen molar-refractivity contribution in [2.75, 3.05) is 11.9 Å². The maximum atomic E-state index is 12.1. The number of amides is 1. The summed E-state index contributed by atoms with van der Waals surface area (Å²) in [6.45, 7) is 4.28. The van der Waals surface area contributed by atoms with Crippen molar-refractivity contribution in [3.05, 3.63) is 35.0 Å². The number of hydrogen-bond donors (Lipinski definition) is 2. The number of rotatable bonds is 4. The molecule has 2 rings (SSSR count). The molecule has 1 heterocycles. The normalized spacial score (nSPS) is 12.4. The quantitative estimate of drug-likeness (QED) is 0.909. The molecule has 1 unspecified atom stereocenters. The molecule has 0 aliphatic heterocycles. The molecule has 0 aliphatic carbocycles. The first-order chi connectivity index (χ1) is 9.54. The highest BCUT2D eigenvalue weighted by Gasteiger charge is 2.16. The molecule has 4 nitrogen and oxygen atoms in total. The minimum Gasteiger partial charge on any atom is -0.330 e. The van der Waals surface area contributed by atoms with Crippen molar-refractivity contribution in [2.24, 2.45) is 11.7 Å². The largest absolute Gasteiger partial charge is 0.330 e. The van der Waals surface area contributed by atoms with E-state index in [1.54, 1.807) is 6.20 Å². The van der Waals surface area contributed by atoms with Crippen LogP contribution in [0.5, 0.6) is 0 Å². The third-order valence-corrected chi connectivity index (χ3v) is 3.63. The maximum absolute atomic E-state index is 12.1. The fourth-order valence-electron chi connectivity index (χ4n) is 2.14. The van der Waals surface area contributed by atoms with Crippen molar-refractivity contribution in [2.45, 2.75) is 20.3 Å². The highest BCUT2D eigenvalue weighted by atomic mass is 35.5. The van der Waals surface area contributed by atoms with Gasteiger partial charge in [0, 0.05) is 17.5 Å². The summed E-state index contributed by atoms with van der Waals surface area (Å²) in [6.07, 6.45) is 2.37. The number of halogens is 1. The summed E-state index contributed by atoms with van der Waals surface area (Å²) in [4.78, 5) is 16.5. The molecule has 0 spiro atoms. The number of hydrogen-bond acceptors (Lipinski definition) is 3. The van der Waals surface area contributed by atoms with E-state index in [4.69, 9.17) is 17.3 Å². The van der Waals surface area contributed by atoms with Gasteiger partial charge in [0.2, 0.25) is 5.91 Å². The first-order valence-electron chi connectivity index (χ1n) is 6.59. The average Bonchev–Trinajstić information content (AvgIpc) is 2.43. The summed E-state index contributed by atoms with van der Waals surface area (Å²) in [6, 6.07) is 5.56. The van der Waals surface area contributed by atoms with Gasteiger partial charge in [0.05, 0.1) is 16.2 Å². The van der Waals surface area contributed by atoms with Gasteiger partial charge in [0.15, 0.2) is 0 Å². The minimum atomic E-state index is -0.149. The molecule has 0 fully saturated rings. The summed E-state index contributed by atoms with van der Waals surface area (Å²) in [7, 11) is 0. The van der Waals surface area contributed by atoms with Crippen LogP contribution in [0.2, 0.25) is 5.02 Å². The van der Waals surface area contributed by atoms with E-state index in [1.165, 1.54) is 0 Å². The number of aryl methyl sites for hydroxylation is 1. The van der Waals surface area contributed by atoms with E-state index < -0.39 is 0 Å². The highest BCUT2D eigenvalue weighted by Crippen LogP contribution is 2.32. The van der Waals surface area contributed by atoms with Gasteiger partial charge in [-0.2, -0.15) is 0 Å². The van der Waals surface area contributed by atoms with Crippen molar-refractivity contribution in [3.63, 3.8) is 0 Å². The molecule has 3 N–H and O–H groups in total. The van der Waals surface area contributed by atoms with E-state index >= 15 is 0 Å². The predicted molar refractivity (Wildman–Crippen MR) is 83.0 cm³/mol. The van der Waals surface area contributed by atoms with Crippen LogP contribution in [0.1, 0.15) is 18.9 Å². The second-order valence-electron chi connectivity index (χ2n) is 4.92. The van der Waals surface area contributed by atoms with Crippen LogP contribution >= 0.6 is 11.6 Å². The van der Waals surface area contributed by atoms with E-state index in [2.05, 4.69) is 10.3 Å². The number of aromatic nitrogens is 1. The number of carbonyl (C=O) groups excluding carboxylic acids is 1. The molecule has 1 aromatic carbocycles. The number of nitrogens with one attached hydrogen (secondary N) is 1. The number of nitrogens with zero attached hydrogens (tertiary/aromatic N) is 1. The number of nitrogens with two attached hydrogens (primary N) is 1. The van der Waals surface area contributed by atoms with Gasteiger partial charge in [-0.15, -0.1) is 0 Å². The van der Waals surface area contributed by atoms with Gasteiger partial charge in [0.25, 0.3) is 0 Å². The molecule has 0 saturated carbocycles. The Balaban J connectivity index is 2.42. The van der Waals surface area contributed by atoms with Crippen molar-refractivity contribution in [1.82, 2.24) is 4.98 Å². The second-order valence-corrected chi connectivity index (χ2v) is 5.32. The van der Waals surface area contributed by atoms with Crippen LogP contribution in [0.25, 0.3) is 10.9 Å². The standard InChI is InChI=1S/C15H18ClN3O/c1-9(5-6-17)15(20)19-14-11-4-3-7-18-13(11)10(2)8-12(14)16/h3-4,7-9H,5-6,17H2,1-2H3,(H,19,20). The zero-order chi connectivity index (χ0) is 14.7. The molecule has 0 radical (unpaired) electrons. The lowest BCUT2D eigenvalue weighted by Gasteiger charge is -2.15. The van der Waals surface area contributed by atoms with Crippen LogP contribution in [-0.4, -0.2) is 17.4 Å². The lowest BCUT2D eigenvalue weighted by molar-refractivity contribution is -0.119. The topological polar surface area (TPSA) is 68.0 Å². The van der Waals surface area contributed by atoms with E-state index in [1.807, 2.05) is 32.0 Å². The van der Waals surface area contributed by atoms with Crippen LogP contribution in [0.3, 0.4) is 0 Å². The van der Waals surface area contributed by atoms with Gasteiger partial charge in [-0.05, 0) is 43.7 Å². The van der Waals surface area contributed by atoms with Crippen molar-refractivity contribution < 1.29 is 4.79 Å². The lowest BCUT2D eigenvalue weighted by atomic mass is 10.1. The Labute approximate surface area is 123 Å². The zero-order valence-electron chi connectivity index (χ0n) is 11.6. The van der Waals surface area contributed by atoms with Crippen LogP contribution in [-0.2, 0) is 4.79 Å². The highest BCUT2D eigenvalue weighted by molar-refractivity contribution is 6.35. The number of carbonyl (C=O) groups is 1. The Kier molecular flexibility index (Phi) is 4.57. The summed E-state index contributed by atoms with van der Waals surface area (Å²) in [5.41, 5.74) is 7.94. The predicted octanol–water partition coefficient (Wildman–Crippen LogP) is 3.12. The third-order valence-electron chi connectivity index (χ3n) is 3.33. The molecule has 2 aromatic rings. The number of benzene rings is 1. The van der Waals surface area contributed by atoms with E-state index in [0.29, 0.717) is 23.7 Å². The molecular formula is C15H18ClN3O. The summed E-state index contributed by atoms with van der Waals surface area (Å²) < 4.78 is 0. The van der Waals surface area contributed by atoms with Crippen LogP contribution < -0.4 is 11.1 Å². The summed E-state index contributed by atoms with van der Waals surface area (Å²) >= 11 is 6.27. The SMILES string of the molecule is Cc1cc(Cl)c(NC(=O)C(C)CCN)c2cccnc12. The fourth-order valence-corrected chi connectivity index (χ4v) is 2.45. The van der Waals surface area contributed by atoms with Gasteiger partial charge >= 0.3 is 0 Å². The molecule has 20 heavy (non-hydrogen) atoms. The first kappa shape index (κ1) is 14.8. The third kappa shape index (κ3) is 2.92. The molecule has 106 valence electrons. The fraction of sp³-hybridized carbons (Fsp3) is 0.333. The monoisotopic (exact) mass is 291 g/mol. The van der Waals surface area contributed by atoms with Crippen LogP contribution in [0.4, 0.5) is 5.69 Å². The van der Waals surface area contributed by atoms with Gasteiger partial charge in [0.1, 0.15) is 0 Å². The van der Waals surface area contributed by atoms with Gasteiger partial charge < -0.3 is 11.1 Å². The molecule has 1 atom stereocenters. The van der Waals surface area contributed by atoms with Crippen molar-refractivity contribution >= 4 is 34.1 Å². The number of fused-ring (bicyclic) bond motifs is 1. The van der Waals surface area contributed by atoms with Gasteiger partial charge in [-0.1, -0.05) is 18.5 Å². The Morgan fingerprint density at radius 2 is 2.30 bits per heavy atom. The molecule has 0 saturated heterocycles. The summed E-state index contributed by atoms with van der Waals surface area (Å²) in [5, 5.41) is 4.28.